The van der Waals surface area contributed by atoms with Crippen LogP contribution < -0.4 is 0 Å². The van der Waals surface area contributed by atoms with Gasteiger partial charge in [-0.1, -0.05) is 79.1 Å². The summed E-state index contributed by atoms with van der Waals surface area (Å²) in [6.07, 6.45) is 11.5. The Labute approximate surface area is 91.5 Å². The maximum atomic E-state index is 2.35. The van der Waals surface area contributed by atoms with Crippen molar-refractivity contribution in [2.75, 3.05) is 0 Å². The minimum atomic E-state index is 0.889. The third-order valence-corrected chi connectivity index (χ3v) is 3.20. The fourth-order valence-electron chi connectivity index (χ4n) is 1.98. The van der Waals surface area contributed by atoms with Crippen LogP contribution >= 0.6 is 0 Å². The summed E-state index contributed by atoms with van der Waals surface area (Å²) in [6, 6.07) is 0. The van der Waals surface area contributed by atoms with Crippen molar-refractivity contribution in [3.8, 4) is 0 Å². The lowest BCUT2D eigenvalue weighted by atomic mass is 9.91. The van der Waals surface area contributed by atoms with Gasteiger partial charge in [0.25, 0.3) is 0 Å². The van der Waals surface area contributed by atoms with E-state index in [1.165, 1.54) is 51.4 Å². The second kappa shape index (κ2) is 9.55. The molecular weight excluding hydrogens is 168 g/mol. The molecule has 0 N–H and O–H groups in total. The molecule has 0 rings (SSSR count). The van der Waals surface area contributed by atoms with Gasteiger partial charge in [-0.15, -0.1) is 0 Å². The van der Waals surface area contributed by atoms with Crippen LogP contribution in [0.4, 0.5) is 0 Å². The van der Waals surface area contributed by atoms with Gasteiger partial charge in [0, 0.05) is 0 Å². The van der Waals surface area contributed by atoms with Gasteiger partial charge in [0.1, 0.15) is 0 Å². The monoisotopic (exact) mass is 198 g/mol. The quantitative estimate of drug-likeness (QED) is 0.434. The van der Waals surface area contributed by atoms with Crippen molar-refractivity contribution in [1.82, 2.24) is 0 Å². The Kier molecular flexibility index (Phi) is 9.55. The van der Waals surface area contributed by atoms with E-state index >= 15 is 0 Å². The standard InChI is InChI=1S/C14H30/c1-5-7-8-9-10-14(6-2)12-11-13(3)4/h13-14H,5-12H2,1-4H3. The molecule has 0 aromatic carbocycles. The second-order valence-electron chi connectivity index (χ2n) is 5.09. The summed E-state index contributed by atoms with van der Waals surface area (Å²) < 4.78 is 0. The van der Waals surface area contributed by atoms with Gasteiger partial charge in [-0.25, -0.2) is 0 Å². The largest absolute Gasteiger partial charge is 0.0654 e. The third kappa shape index (κ3) is 8.59. The predicted molar refractivity (Wildman–Crippen MR) is 66.6 cm³/mol. The van der Waals surface area contributed by atoms with Gasteiger partial charge >= 0.3 is 0 Å². The van der Waals surface area contributed by atoms with Gasteiger partial charge in [-0.3, -0.25) is 0 Å². The Morgan fingerprint density at radius 3 is 2.00 bits per heavy atom. The molecular formula is C14H30. The van der Waals surface area contributed by atoms with E-state index in [-0.39, 0.29) is 0 Å². The fourth-order valence-corrected chi connectivity index (χ4v) is 1.98. The van der Waals surface area contributed by atoms with Crippen LogP contribution in [0.2, 0.25) is 0 Å². The first-order valence-electron chi connectivity index (χ1n) is 6.70. The molecule has 0 amide bonds. The molecule has 0 saturated carbocycles. The zero-order valence-electron chi connectivity index (χ0n) is 10.8. The topological polar surface area (TPSA) is 0 Å². The summed E-state index contributed by atoms with van der Waals surface area (Å²) in [7, 11) is 0. The van der Waals surface area contributed by atoms with Crippen molar-refractivity contribution in [1.29, 1.82) is 0 Å². The average molecular weight is 198 g/mol. The van der Waals surface area contributed by atoms with E-state index in [4.69, 9.17) is 0 Å². The Morgan fingerprint density at radius 2 is 1.50 bits per heavy atom. The van der Waals surface area contributed by atoms with E-state index in [1.807, 2.05) is 0 Å². The van der Waals surface area contributed by atoms with Crippen molar-refractivity contribution < 1.29 is 0 Å². The molecule has 86 valence electrons. The minimum absolute atomic E-state index is 0.889. The van der Waals surface area contributed by atoms with Crippen LogP contribution in [0, 0.1) is 11.8 Å². The van der Waals surface area contributed by atoms with Crippen molar-refractivity contribution in [3.05, 3.63) is 0 Å². The molecule has 0 radical (unpaired) electrons. The van der Waals surface area contributed by atoms with Crippen LogP contribution in [0.3, 0.4) is 0 Å². The molecule has 0 aliphatic heterocycles. The fraction of sp³-hybridized carbons (Fsp3) is 1.00. The maximum Gasteiger partial charge on any atom is -0.0417 e. The molecule has 0 saturated heterocycles. The lowest BCUT2D eigenvalue weighted by Gasteiger charge is -2.15. The zero-order valence-corrected chi connectivity index (χ0v) is 10.8. The SMILES string of the molecule is CCCCCCC(CC)CCC(C)C. The van der Waals surface area contributed by atoms with Crippen molar-refractivity contribution in [2.24, 2.45) is 11.8 Å². The van der Waals surface area contributed by atoms with Gasteiger partial charge in [0.2, 0.25) is 0 Å². The van der Waals surface area contributed by atoms with E-state index < -0.39 is 0 Å². The number of hydrogen-bond acceptors (Lipinski definition) is 0. The highest BCUT2D eigenvalue weighted by Gasteiger charge is 2.06. The lowest BCUT2D eigenvalue weighted by molar-refractivity contribution is 0.376. The molecule has 0 heterocycles. The van der Waals surface area contributed by atoms with E-state index in [0.29, 0.717) is 0 Å². The highest BCUT2D eigenvalue weighted by Crippen LogP contribution is 2.21. The first-order chi connectivity index (χ1) is 6.70. The van der Waals surface area contributed by atoms with Crippen LogP contribution in [-0.4, -0.2) is 0 Å². The molecule has 0 aliphatic carbocycles. The summed E-state index contributed by atoms with van der Waals surface area (Å²) in [4.78, 5) is 0. The normalized spacial score (nSPS) is 13.5. The number of hydrogen-bond donors (Lipinski definition) is 0. The lowest BCUT2D eigenvalue weighted by Crippen LogP contribution is -2.01. The molecule has 0 spiro atoms. The highest BCUT2D eigenvalue weighted by molar-refractivity contribution is 4.59. The minimum Gasteiger partial charge on any atom is -0.0654 e. The van der Waals surface area contributed by atoms with Gasteiger partial charge in [0.15, 0.2) is 0 Å². The van der Waals surface area contributed by atoms with Gasteiger partial charge in [-0.2, -0.15) is 0 Å². The van der Waals surface area contributed by atoms with Gasteiger partial charge in [-0.05, 0) is 11.8 Å². The zero-order chi connectivity index (χ0) is 10.8. The molecule has 0 aromatic heterocycles. The number of rotatable bonds is 9. The Balaban J connectivity index is 3.38. The molecule has 0 fully saturated rings. The first-order valence-corrected chi connectivity index (χ1v) is 6.70. The maximum absolute atomic E-state index is 2.35. The predicted octanol–water partition coefficient (Wildman–Crippen LogP) is 5.42. The first kappa shape index (κ1) is 14.0. The average Bonchev–Trinajstić information content (AvgIpc) is 2.16. The van der Waals surface area contributed by atoms with Crippen LogP contribution in [0.25, 0.3) is 0 Å². The third-order valence-electron chi connectivity index (χ3n) is 3.20. The van der Waals surface area contributed by atoms with E-state index in [2.05, 4.69) is 27.7 Å². The molecule has 1 atom stereocenters. The van der Waals surface area contributed by atoms with Crippen molar-refractivity contribution >= 4 is 0 Å². The molecule has 0 aliphatic rings. The summed E-state index contributed by atoms with van der Waals surface area (Å²) >= 11 is 0. The summed E-state index contributed by atoms with van der Waals surface area (Å²) in [6.45, 7) is 9.31. The highest BCUT2D eigenvalue weighted by atomic mass is 14.1. The van der Waals surface area contributed by atoms with Crippen molar-refractivity contribution in [2.45, 2.75) is 79.1 Å². The Morgan fingerprint density at radius 1 is 0.786 bits per heavy atom. The molecule has 0 aromatic rings. The molecule has 14 heavy (non-hydrogen) atoms. The van der Waals surface area contributed by atoms with Crippen LogP contribution in [-0.2, 0) is 0 Å². The molecule has 0 bridgehead atoms. The van der Waals surface area contributed by atoms with Crippen LogP contribution in [0.15, 0.2) is 0 Å². The molecule has 0 nitrogen and oxygen atoms in total. The Hall–Kier alpha value is 0. The van der Waals surface area contributed by atoms with Crippen molar-refractivity contribution in [3.63, 3.8) is 0 Å². The number of unbranched alkanes of at least 4 members (excludes halogenated alkanes) is 3. The van der Waals surface area contributed by atoms with Gasteiger partial charge < -0.3 is 0 Å². The van der Waals surface area contributed by atoms with E-state index in [1.54, 1.807) is 0 Å². The van der Waals surface area contributed by atoms with E-state index in [9.17, 15) is 0 Å². The summed E-state index contributed by atoms with van der Waals surface area (Å²) in [5, 5.41) is 0. The van der Waals surface area contributed by atoms with E-state index in [0.717, 1.165) is 11.8 Å². The summed E-state index contributed by atoms with van der Waals surface area (Å²) in [5.41, 5.74) is 0. The molecule has 1 unspecified atom stereocenters. The smallest absolute Gasteiger partial charge is 0.0417 e. The van der Waals surface area contributed by atoms with Gasteiger partial charge in [0.05, 0.1) is 0 Å². The van der Waals surface area contributed by atoms with Crippen LogP contribution in [0.1, 0.15) is 79.1 Å². The molecule has 0 heteroatoms. The summed E-state index contributed by atoms with van der Waals surface area (Å²) in [5.74, 6) is 1.90. The Bertz CT molecular complexity index is 105. The second-order valence-corrected chi connectivity index (χ2v) is 5.09. The van der Waals surface area contributed by atoms with Crippen LogP contribution in [0.5, 0.6) is 0 Å².